The van der Waals surface area contributed by atoms with Crippen molar-refractivity contribution in [3.8, 4) is 5.75 Å². The minimum atomic E-state index is -0.280. The van der Waals surface area contributed by atoms with Crippen LogP contribution in [0.2, 0.25) is 5.02 Å². The summed E-state index contributed by atoms with van der Waals surface area (Å²) in [5, 5.41) is 3.17. The van der Waals surface area contributed by atoms with Gasteiger partial charge in [-0.25, -0.2) is 0 Å². The molecule has 20 heavy (non-hydrogen) atoms. The average molecular weight is 292 g/mol. The van der Waals surface area contributed by atoms with Crippen molar-refractivity contribution in [2.24, 2.45) is 5.73 Å². The second-order valence-corrected chi connectivity index (χ2v) is 4.45. The smallest absolute Gasteiger partial charge is 0.255 e. The van der Waals surface area contributed by atoms with Crippen LogP contribution in [0.25, 0.3) is 0 Å². The van der Waals surface area contributed by atoms with Gasteiger partial charge in [0.15, 0.2) is 0 Å². The molecule has 1 aromatic carbocycles. The van der Waals surface area contributed by atoms with Crippen molar-refractivity contribution in [1.29, 1.82) is 0 Å². The lowest BCUT2D eigenvalue weighted by Gasteiger charge is -2.09. The van der Waals surface area contributed by atoms with E-state index in [0.29, 0.717) is 27.7 Å². The molecule has 1 amide bonds. The highest BCUT2D eigenvalue weighted by atomic mass is 35.5. The predicted molar refractivity (Wildman–Crippen MR) is 78.1 cm³/mol. The van der Waals surface area contributed by atoms with Crippen LogP contribution in [0.15, 0.2) is 36.5 Å². The van der Waals surface area contributed by atoms with E-state index in [1.165, 1.54) is 0 Å². The Morgan fingerprint density at radius 2 is 2.20 bits per heavy atom. The Labute approximate surface area is 121 Å². The van der Waals surface area contributed by atoms with Gasteiger partial charge >= 0.3 is 0 Å². The Balaban J connectivity index is 2.22. The lowest BCUT2D eigenvalue weighted by Crippen LogP contribution is -2.13. The van der Waals surface area contributed by atoms with Crippen molar-refractivity contribution in [2.75, 3.05) is 12.4 Å². The first-order chi connectivity index (χ1) is 9.63. The molecule has 2 rings (SSSR count). The minimum absolute atomic E-state index is 0.279. The number of pyridine rings is 1. The Kier molecular flexibility index (Phi) is 4.55. The van der Waals surface area contributed by atoms with Crippen LogP contribution in [0.3, 0.4) is 0 Å². The third-order valence-corrected chi connectivity index (χ3v) is 3.04. The number of carbonyl (C=O) groups is 1. The van der Waals surface area contributed by atoms with Gasteiger partial charge < -0.3 is 15.8 Å². The standard InChI is InChI=1S/C14H14ClN3O2/c1-20-11-2-3-12(15)13(7-11)18-14(19)9-4-5-17-10(6-9)8-16/h2-7H,8,16H2,1H3,(H,18,19). The molecule has 6 heteroatoms. The SMILES string of the molecule is COc1ccc(Cl)c(NC(=O)c2ccnc(CN)c2)c1. The number of carbonyl (C=O) groups excluding carboxylic acids is 1. The van der Waals surface area contributed by atoms with E-state index < -0.39 is 0 Å². The van der Waals surface area contributed by atoms with Gasteiger partial charge in [0.2, 0.25) is 0 Å². The van der Waals surface area contributed by atoms with Crippen LogP contribution in [-0.4, -0.2) is 18.0 Å². The zero-order valence-corrected chi connectivity index (χ0v) is 11.6. The maximum Gasteiger partial charge on any atom is 0.255 e. The molecule has 0 spiro atoms. The number of aromatic nitrogens is 1. The van der Waals surface area contributed by atoms with E-state index in [1.54, 1.807) is 43.6 Å². The molecule has 0 unspecified atom stereocenters. The van der Waals surface area contributed by atoms with Gasteiger partial charge in [0.25, 0.3) is 5.91 Å². The molecule has 0 saturated carbocycles. The summed E-state index contributed by atoms with van der Waals surface area (Å²) in [6.07, 6.45) is 1.55. The Bertz CT molecular complexity index is 632. The summed E-state index contributed by atoms with van der Waals surface area (Å²) in [6.45, 7) is 0.279. The van der Waals surface area contributed by atoms with Gasteiger partial charge in [-0.3, -0.25) is 9.78 Å². The number of nitrogens with zero attached hydrogens (tertiary/aromatic N) is 1. The van der Waals surface area contributed by atoms with Crippen molar-refractivity contribution in [1.82, 2.24) is 4.98 Å². The van der Waals surface area contributed by atoms with Crippen LogP contribution < -0.4 is 15.8 Å². The van der Waals surface area contributed by atoms with E-state index in [2.05, 4.69) is 10.3 Å². The quantitative estimate of drug-likeness (QED) is 0.907. The fourth-order valence-corrected chi connectivity index (χ4v) is 1.82. The summed E-state index contributed by atoms with van der Waals surface area (Å²) >= 11 is 6.04. The van der Waals surface area contributed by atoms with Gasteiger partial charge in [-0.05, 0) is 24.3 Å². The van der Waals surface area contributed by atoms with Gasteiger partial charge in [-0.2, -0.15) is 0 Å². The summed E-state index contributed by atoms with van der Waals surface area (Å²) in [4.78, 5) is 16.2. The van der Waals surface area contributed by atoms with E-state index in [4.69, 9.17) is 22.1 Å². The number of hydrogen-bond acceptors (Lipinski definition) is 4. The highest BCUT2D eigenvalue weighted by Crippen LogP contribution is 2.27. The predicted octanol–water partition coefficient (Wildman–Crippen LogP) is 2.45. The molecule has 0 fully saturated rings. The Morgan fingerprint density at radius 3 is 2.90 bits per heavy atom. The van der Waals surface area contributed by atoms with Gasteiger partial charge in [0.1, 0.15) is 5.75 Å². The van der Waals surface area contributed by atoms with Crippen molar-refractivity contribution < 1.29 is 9.53 Å². The molecule has 0 bridgehead atoms. The van der Waals surface area contributed by atoms with E-state index in [0.717, 1.165) is 0 Å². The van der Waals surface area contributed by atoms with Crippen molar-refractivity contribution in [3.05, 3.63) is 52.8 Å². The fraction of sp³-hybridized carbons (Fsp3) is 0.143. The van der Waals surface area contributed by atoms with E-state index in [1.807, 2.05) is 0 Å². The van der Waals surface area contributed by atoms with E-state index in [-0.39, 0.29) is 12.5 Å². The number of hydrogen-bond donors (Lipinski definition) is 2. The highest BCUT2D eigenvalue weighted by Gasteiger charge is 2.10. The molecule has 0 atom stereocenters. The zero-order valence-electron chi connectivity index (χ0n) is 10.9. The van der Waals surface area contributed by atoms with Crippen molar-refractivity contribution in [2.45, 2.75) is 6.54 Å². The summed E-state index contributed by atoms with van der Waals surface area (Å²) < 4.78 is 5.10. The molecular formula is C14H14ClN3O2. The van der Waals surface area contributed by atoms with Crippen LogP contribution >= 0.6 is 11.6 Å². The molecule has 2 aromatic rings. The van der Waals surface area contributed by atoms with Gasteiger partial charge in [0, 0.05) is 24.4 Å². The fourth-order valence-electron chi connectivity index (χ4n) is 1.65. The molecule has 0 aliphatic heterocycles. The third kappa shape index (κ3) is 3.26. The minimum Gasteiger partial charge on any atom is -0.497 e. The Hall–Kier alpha value is -2.11. The zero-order chi connectivity index (χ0) is 14.5. The molecule has 5 nitrogen and oxygen atoms in total. The number of amides is 1. The number of anilines is 1. The maximum atomic E-state index is 12.2. The lowest BCUT2D eigenvalue weighted by atomic mass is 10.2. The second-order valence-electron chi connectivity index (χ2n) is 4.04. The van der Waals surface area contributed by atoms with Crippen LogP contribution in [0, 0.1) is 0 Å². The van der Waals surface area contributed by atoms with Crippen molar-refractivity contribution in [3.63, 3.8) is 0 Å². The first-order valence-electron chi connectivity index (χ1n) is 5.94. The van der Waals surface area contributed by atoms with E-state index >= 15 is 0 Å². The van der Waals surface area contributed by atoms with Crippen LogP contribution in [0.5, 0.6) is 5.75 Å². The number of ether oxygens (including phenoxy) is 1. The number of methoxy groups -OCH3 is 1. The largest absolute Gasteiger partial charge is 0.497 e. The first-order valence-corrected chi connectivity index (χ1v) is 6.31. The summed E-state index contributed by atoms with van der Waals surface area (Å²) in [7, 11) is 1.55. The average Bonchev–Trinajstić information content (AvgIpc) is 2.49. The maximum absolute atomic E-state index is 12.2. The van der Waals surface area contributed by atoms with Crippen LogP contribution in [-0.2, 0) is 6.54 Å². The molecular weight excluding hydrogens is 278 g/mol. The second kappa shape index (κ2) is 6.36. The molecule has 1 heterocycles. The third-order valence-electron chi connectivity index (χ3n) is 2.71. The molecule has 0 aliphatic carbocycles. The number of benzene rings is 1. The van der Waals surface area contributed by atoms with Gasteiger partial charge in [-0.15, -0.1) is 0 Å². The normalized spacial score (nSPS) is 10.2. The summed E-state index contributed by atoms with van der Waals surface area (Å²) in [5.74, 6) is 0.333. The number of nitrogens with two attached hydrogens (primary N) is 1. The number of halogens is 1. The van der Waals surface area contributed by atoms with Gasteiger partial charge in [-0.1, -0.05) is 11.6 Å². The monoisotopic (exact) mass is 291 g/mol. The molecule has 1 aromatic heterocycles. The van der Waals surface area contributed by atoms with Crippen LogP contribution in [0.1, 0.15) is 16.1 Å². The summed E-state index contributed by atoms with van der Waals surface area (Å²) in [6, 6.07) is 8.29. The topological polar surface area (TPSA) is 77.2 Å². The molecule has 104 valence electrons. The first kappa shape index (κ1) is 14.3. The summed E-state index contributed by atoms with van der Waals surface area (Å²) in [5.41, 5.74) is 7.11. The van der Waals surface area contributed by atoms with E-state index in [9.17, 15) is 4.79 Å². The number of nitrogens with one attached hydrogen (secondary N) is 1. The lowest BCUT2D eigenvalue weighted by molar-refractivity contribution is 0.102. The number of rotatable bonds is 4. The Morgan fingerprint density at radius 1 is 1.40 bits per heavy atom. The van der Waals surface area contributed by atoms with Gasteiger partial charge in [0.05, 0.1) is 23.5 Å². The highest BCUT2D eigenvalue weighted by molar-refractivity contribution is 6.34. The molecule has 0 saturated heterocycles. The molecule has 0 aliphatic rings. The molecule has 0 radical (unpaired) electrons. The molecule has 3 N–H and O–H groups in total. The van der Waals surface area contributed by atoms with Crippen molar-refractivity contribution >= 4 is 23.2 Å². The van der Waals surface area contributed by atoms with Crippen LogP contribution in [0.4, 0.5) is 5.69 Å².